The van der Waals surface area contributed by atoms with E-state index in [4.69, 9.17) is 21.9 Å². The van der Waals surface area contributed by atoms with E-state index in [2.05, 4.69) is 61.0 Å². The fraction of sp³-hybridized carbons (Fsp3) is 0.500. The zero-order chi connectivity index (χ0) is 23.6. The van der Waals surface area contributed by atoms with Crippen molar-refractivity contribution in [3.8, 4) is 6.07 Å². The van der Waals surface area contributed by atoms with Gasteiger partial charge < -0.3 is 19.9 Å². The van der Waals surface area contributed by atoms with Crippen molar-refractivity contribution in [3.63, 3.8) is 0 Å². The van der Waals surface area contributed by atoms with Gasteiger partial charge in [-0.15, -0.1) is 0 Å². The molecule has 0 unspecified atom stereocenters. The first kappa shape index (κ1) is 23.5. The Balaban J connectivity index is 1.50. The molecular weight excluding hydrogens is 430 g/mol. The van der Waals surface area contributed by atoms with Gasteiger partial charge in [0.25, 0.3) is 0 Å². The molecule has 33 heavy (non-hydrogen) atoms. The summed E-state index contributed by atoms with van der Waals surface area (Å²) in [6, 6.07) is 12.8. The van der Waals surface area contributed by atoms with Crippen LogP contribution in [0.1, 0.15) is 61.6 Å². The van der Waals surface area contributed by atoms with Gasteiger partial charge in [0, 0.05) is 44.7 Å². The summed E-state index contributed by atoms with van der Waals surface area (Å²) in [5.41, 5.74) is 4.92. The number of rotatable bonds is 4. The molecule has 2 aliphatic rings. The number of pyridine rings is 1. The predicted octanol–water partition coefficient (Wildman–Crippen LogP) is 4.12. The van der Waals surface area contributed by atoms with Crippen molar-refractivity contribution in [1.29, 1.82) is 5.26 Å². The van der Waals surface area contributed by atoms with E-state index >= 15 is 0 Å². The second-order valence-corrected chi connectivity index (χ2v) is 10.1. The first-order chi connectivity index (χ1) is 15.8. The van der Waals surface area contributed by atoms with E-state index in [1.54, 1.807) is 0 Å². The fourth-order valence-electron chi connectivity index (χ4n) is 4.61. The van der Waals surface area contributed by atoms with Crippen LogP contribution < -0.4 is 10.2 Å². The Labute approximate surface area is 202 Å². The average Bonchev–Trinajstić information content (AvgIpc) is 2.81. The molecule has 7 heteroatoms. The molecule has 0 radical (unpaired) electrons. The summed E-state index contributed by atoms with van der Waals surface area (Å²) in [4.78, 5) is 9.49. The van der Waals surface area contributed by atoms with E-state index in [9.17, 15) is 5.26 Å². The molecule has 6 nitrogen and oxygen atoms in total. The molecule has 1 fully saturated rings. The van der Waals surface area contributed by atoms with Gasteiger partial charge in [-0.05, 0) is 43.1 Å². The zero-order valence-electron chi connectivity index (χ0n) is 20.0. The van der Waals surface area contributed by atoms with Gasteiger partial charge in [0.15, 0.2) is 5.11 Å². The first-order valence-electron chi connectivity index (χ1n) is 11.7. The minimum Gasteiger partial charge on any atom is -0.370 e. The molecule has 174 valence electrons. The lowest BCUT2D eigenvalue weighted by molar-refractivity contribution is -0.0408. The Hall–Kier alpha value is -2.69. The molecule has 1 saturated heterocycles. The molecule has 2 aliphatic heterocycles. The van der Waals surface area contributed by atoms with Crippen LogP contribution in [0.5, 0.6) is 0 Å². The number of nitrogens with zero attached hydrogens (tertiary/aromatic N) is 4. The lowest BCUT2D eigenvalue weighted by atomic mass is 9.86. The van der Waals surface area contributed by atoms with Crippen LogP contribution in [0, 0.1) is 11.3 Å². The first-order valence-corrected chi connectivity index (χ1v) is 12.1. The Morgan fingerprint density at radius 3 is 2.52 bits per heavy atom. The average molecular weight is 464 g/mol. The lowest BCUT2D eigenvalue weighted by Gasteiger charge is -2.39. The van der Waals surface area contributed by atoms with Crippen molar-refractivity contribution in [1.82, 2.24) is 15.2 Å². The van der Waals surface area contributed by atoms with Crippen molar-refractivity contribution >= 4 is 23.1 Å². The molecule has 1 N–H and O–H groups in total. The molecule has 0 bridgehead atoms. The summed E-state index contributed by atoms with van der Waals surface area (Å²) < 4.78 is 6.07. The van der Waals surface area contributed by atoms with Gasteiger partial charge >= 0.3 is 0 Å². The second-order valence-electron chi connectivity index (χ2n) is 9.76. The molecule has 1 aromatic heterocycles. The Morgan fingerprint density at radius 1 is 1.18 bits per heavy atom. The van der Waals surface area contributed by atoms with Crippen LogP contribution in [0.2, 0.25) is 0 Å². The Morgan fingerprint density at radius 2 is 1.88 bits per heavy atom. The quantitative estimate of drug-likeness (QED) is 0.684. The summed E-state index contributed by atoms with van der Waals surface area (Å²) in [5, 5.41) is 14.3. The number of fused-ring (bicyclic) bond motifs is 1. The fourth-order valence-corrected chi connectivity index (χ4v) is 4.86. The molecular formula is C26H33N5OS. The van der Waals surface area contributed by atoms with Gasteiger partial charge in [-0.25, -0.2) is 4.98 Å². The molecule has 0 saturated carbocycles. The number of hydrogen-bond acceptors (Lipinski definition) is 5. The Kier molecular flexibility index (Phi) is 6.87. The molecule has 2 aromatic rings. The molecule has 0 spiro atoms. The molecule has 3 heterocycles. The number of aromatic nitrogens is 1. The number of piperazine rings is 1. The lowest BCUT2D eigenvalue weighted by Crippen LogP contribution is -2.52. The van der Waals surface area contributed by atoms with Crippen molar-refractivity contribution in [2.75, 3.05) is 31.1 Å². The summed E-state index contributed by atoms with van der Waals surface area (Å²) in [6.45, 7) is 12.9. The third-order valence-electron chi connectivity index (χ3n) is 6.45. The van der Waals surface area contributed by atoms with E-state index in [0.29, 0.717) is 12.2 Å². The van der Waals surface area contributed by atoms with Crippen molar-refractivity contribution in [2.24, 2.45) is 0 Å². The summed E-state index contributed by atoms with van der Waals surface area (Å²) >= 11 is 5.65. The van der Waals surface area contributed by atoms with Gasteiger partial charge in [0.05, 0.1) is 23.5 Å². The highest BCUT2D eigenvalue weighted by Gasteiger charge is 2.34. The number of anilines is 1. The van der Waals surface area contributed by atoms with Crippen LogP contribution in [-0.4, -0.2) is 46.8 Å². The number of ether oxygens (including phenoxy) is 1. The van der Waals surface area contributed by atoms with E-state index < -0.39 is 0 Å². The summed E-state index contributed by atoms with van der Waals surface area (Å²) in [5.74, 6) is 1.09. The number of benzene rings is 1. The Bertz CT molecular complexity index is 1050. The zero-order valence-corrected chi connectivity index (χ0v) is 20.8. The van der Waals surface area contributed by atoms with E-state index in [1.807, 2.05) is 18.2 Å². The predicted molar refractivity (Wildman–Crippen MR) is 135 cm³/mol. The van der Waals surface area contributed by atoms with Crippen LogP contribution >= 0.6 is 12.2 Å². The third-order valence-corrected chi connectivity index (χ3v) is 6.85. The van der Waals surface area contributed by atoms with Gasteiger partial charge in [-0.3, -0.25) is 0 Å². The van der Waals surface area contributed by atoms with Gasteiger partial charge in [-0.1, -0.05) is 44.2 Å². The summed E-state index contributed by atoms with van der Waals surface area (Å²) in [6.07, 6.45) is 0.730. The van der Waals surface area contributed by atoms with Crippen molar-refractivity contribution < 1.29 is 4.74 Å². The molecule has 0 aliphatic carbocycles. The van der Waals surface area contributed by atoms with E-state index in [1.165, 1.54) is 5.56 Å². The topological polar surface area (TPSA) is 64.4 Å². The summed E-state index contributed by atoms with van der Waals surface area (Å²) in [7, 11) is 0. The number of nitrogens with one attached hydrogen (secondary N) is 1. The maximum Gasteiger partial charge on any atom is 0.169 e. The van der Waals surface area contributed by atoms with Gasteiger partial charge in [0.1, 0.15) is 11.9 Å². The van der Waals surface area contributed by atoms with Crippen molar-refractivity contribution in [2.45, 2.75) is 58.8 Å². The van der Waals surface area contributed by atoms with Crippen LogP contribution in [-0.2, 0) is 24.3 Å². The van der Waals surface area contributed by atoms with Crippen LogP contribution in [0.15, 0.2) is 30.3 Å². The minimum atomic E-state index is -0.277. The molecule has 4 rings (SSSR count). The largest absolute Gasteiger partial charge is 0.370 e. The normalized spacial score (nSPS) is 17.5. The third kappa shape index (κ3) is 5.13. The molecule has 1 aromatic carbocycles. The maximum atomic E-state index is 10.1. The van der Waals surface area contributed by atoms with Crippen LogP contribution in [0.4, 0.5) is 5.82 Å². The highest BCUT2D eigenvalue weighted by atomic mass is 32.1. The highest BCUT2D eigenvalue weighted by molar-refractivity contribution is 7.80. The number of nitriles is 1. The number of hydrogen-bond donors (Lipinski definition) is 1. The molecule has 0 amide bonds. The maximum absolute atomic E-state index is 10.1. The number of thiocarbonyl (C=S) groups is 1. The van der Waals surface area contributed by atoms with E-state index in [0.717, 1.165) is 66.9 Å². The molecule has 0 atom stereocenters. The smallest absolute Gasteiger partial charge is 0.169 e. The second kappa shape index (κ2) is 9.66. The van der Waals surface area contributed by atoms with Gasteiger partial charge in [0.2, 0.25) is 0 Å². The van der Waals surface area contributed by atoms with Crippen LogP contribution in [0.25, 0.3) is 0 Å². The highest BCUT2D eigenvalue weighted by Crippen LogP contribution is 2.37. The van der Waals surface area contributed by atoms with Crippen LogP contribution in [0.3, 0.4) is 0 Å². The van der Waals surface area contributed by atoms with Gasteiger partial charge in [-0.2, -0.15) is 5.26 Å². The standard InChI is InChI=1S/C26H33N5OS/c1-18(2)23-22-17-32-26(3,4)14-20(22)21(15-27)24(29-23)30-10-12-31(13-11-30)25(33)28-16-19-8-6-5-7-9-19/h5-9,18H,10-14,16-17H2,1-4H3,(H,28,33). The van der Waals surface area contributed by atoms with Crippen molar-refractivity contribution in [3.05, 3.63) is 58.3 Å². The minimum absolute atomic E-state index is 0.270. The SMILES string of the molecule is CC(C)c1nc(N2CCN(C(=S)NCc3ccccc3)CC2)c(C#N)c2c1COC(C)(C)C2. The monoisotopic (exact) mass is 463 g/mol. The van der Waals surface area contributed by atoms with E-state index in [-0.39, 0.29) is 11.5 Å².